The minimum absolute atomic E-state index is 0.126. The van der Waals surface area contributed by atoms with Gasteiger partial charge in [0, 0.05) is 23.6 Å². The van der Waals surface area contributed by atoms with Crippen LogP contribution in [0.2, 0.25) is 0 Å². The number of para-hydroxylation sites is 1. The largest absolute Gasteiger partial charge is 0.493 e. The summed E-state index contributed by atoms with van der Waals surface area (Å²) in [5.41, 5.74) is 2.26. The van der Waals surface area contributed by atoms with Crippen LogP contribution in [0.4, 0.5) is 5.69 Å². The zero-order chi connectivity index (χ0) is 22.1. The molecule has 162 valence electrons. The van der Waals surface area contributed by atoms with Crippen molar-refractivity contribution in [2.45, 2.75) is 32.2 Å². The predicted octanol–water partition coefficient (Wildman–Crippen LogP) is 4.16. The SMILES string of the molecule is COc1cc(C(=O)N2c3ccccc3CC2c2nc(C(C)C)no2)cc(OC)c1OC. The van der Waals surface area contributed by atoms with Gasteiger partial charge >= 0.3 is 0 Å². The van der Waals surface area contributed by atoms with Crippen molar-refractivity contribution in [3.05, 3.63) is 59.2 Å². The van der Waals surface area contributed by atoms with Gasteiger partial charge < -0.3 is 18.7 Å². The summed E-state index contributed by atoms with van der Waals surface area (Å²) in [5.74, 6) is 2.19. The van der Waals surface area contributed by atoms with Crippen LogP contribution in [0.3, 0.4) is 0 Å². The third-order valence-electron chi connectivity index (χ3n) is 5.37. The number of hydrogen-bond donors (Lipinski definition) is 0. The summed E-state index contributed by atoms with van der Waals surface area (Å²) in [4.78, 5) is 20.0. The molecule has 4 rings (SSSR count). The van der Waals surface area contributed by atoms with Crippen molar-refractivity contribution in [1.82, 2.24) is 10.1 Å². The number of nitrogens with zero attached hydrogens (tertiary/aromatic N) is 3. The summed E-state index contributed by atoms with van der Waals surface area (Å²) in [5, 5.41) is 4.09. The topological polar surface area (TPSA) is 86.9 Å². The van der Waals surface area contributed by atoms with E-state index in [0.29, 0.717) is 40.9 Å². The molecule has 31 heavy (non-hydrogen) atoms. The first kappa shape index (κ1) is 20.7. The van der Waals surface area contributed by atoms with Crippen LogP contribution in [0.15, 0.2) is 40.9 Å². The maximum atomic E-state index is 13.8. The molecule has 0 bridgehead atoms. The van der Waals surface area contributed by atoms with Gasteiger partial charge in [-0.1, -0.05) is 37.2 Å². The number of benzene rings is 2. The average molecular weight is 423 g/mol. The minimum Gasteiger partial charge on any atom is -0.493 e. The molecule has 1 aliphatic rings. The highest BCUT2D eigenvalue weighted by atomic mass is 16.5. The second kappa shape index (κ2) is 8.29. The van der Waals surface area contributed by atoms with Crippen molar-refractivity contribution in [3.8, 4) is 17.2 Å². The van der Waals surface area contributed by atoms with Gasteiger partial charge in [0.15, 0.2) is 17.3 Å². The molecule has 0 aliphatic carbocycles. The van der Waals surface area contributed by atoms with Crippen molar-refractivity contribution in [2.75, 3.05) is 26.2 Å². The number of fused-ring (bicyclic) bond motifs is 1. The Labute approximate surface area is 180 Å². The number of ether oxygens (including phenoxy) is 3. The van der Waals surface area contributed by atoms with E-state index < -0.39 is 6.04 Å². The number of aromatic nitrogens is 2. The van der Waals surface area contributed by atoms with Gasteiger partial charge in [-0.3, -0.25) is 9.69 Å². The first-order valence-electron chi connectivity index (χ1n) is 10.0. The van der Waals surface area contributed by atoms with Gasteiger partial charge in [-0.2, -0.15) is 4.98 Å². The Hall–Kier alpha value is -3.55. The van der Waals surface area contributed by atoms with Gasteiger partial charge in [-0.15, -0.1) is 0 Å². The van der Waals surface area contributed by atoms with Crippen molar-refractivity contribution < 1.29 is 23.5 Å². The van der Waals surface area contributed by atoms with Gasteiger partial charge in [0.2, 0.25) is 11.6 Å². The fourth-order valence-electron chi connectivity index (χ4n) is 3.80. The molecular formula is C23H25N3O5. The molecule has 1 unspecified atom stereocenters. The lowest BCUT2D eigenvalue weighted by atomic mass is 10.1. The smallest absolute Gasteiger partial charge is 0.259 e. The number of carbonyl (C=O) groups is 1. The Balaban J connectivity index is 1.80. The van der Waals surface area contributed by atoms with Gasteiger partial charge in [-0.25, -0.2) is 0 Å². The van der Waals surface area contributed by atoms with Gasteiger partial charge in [0.1, 0.15) is 6.04 Å². The molecule has 0 saturated heterocycles. The quantitative estimate of drug-likeness (QED) is 0.588. The fraction of sp³-hybridized carbons (Fsp3) is 0.348. The molecule has 0 fully saturated rings. The number of methoxy groups -OCH3 is 3. The van der Waals surface area contributed by atoms with E-state index in [1.165, 1.54) is 21.3 Å². The fourth-order valence-corrected chi connectivity index (χ4v) is 3.80. The predicted molar refractivity (Wildman–Crippen MR) is 114 cm³/mol. The number of carbonyl (C=O) groups excluding carboxylic acids is 1. The summed E-state index contributed by atoms with van der Waals surface area (Å²) >= 11 is 0. The summed E-state index contributed by atoms with van der Waals surface area (Å²) in [6.07, 6.45) is 0.589. The Morgan fingerprint density at radius 2 is 1.77 bits per heavy atom. The summed E-state index contributed by atoms with van der Waals surface area (Å²) in [6, 6.07) is 10.7. The third kappa shape index (κ3) is 3.58. The molecule has 0 radical (unpaired) electrons. The lowest BCUT2D eigenvalue weighted by Crippen LogP contribution is -2.32. The van der Waals surface area contributed by atoms with Crippen molar-refractivity contribution in [3.63, 3.8) is 0 Å². The molecule has 0 saturated carbocycles. The molecule has 1 amide bonds. The maximum Gasteiger partial charge on any atom is 0.259 e. The molecule has 1 aromatic heterocycles. The highest BCUT2D eigenvalue weighted by molar-refractivity contribution is 6.08. The molecule has 3 aromatic rings. The molecule has 2 heterocycles. The van der Waals surface area contributed by atoms with Crippen LogP contribution in [0.5, 0.6) is 17.2 Å². The molecular weight excluding hydrogens is 398 g/mol. The van der Waals surface area contributed by atoms with E-state index in [1.54, 1.807) is 17.0 Å². The number of hydrogen-bond acceptors (Lipinski definition) is 7. The van der Waals surface area contributed by atoms with Crippen LogP contribution in [-0.2, 0) is 6.42 Å². The number of amides is 1. The van der Waals surface area contributed by atoms with E-state index in [1.807, 2.05) is 38.1 Å². The summed E-state index contributed by atoms with van der Waals surface area (Å²) in [7, 11) is 4.56. The van der Waals surface area contributed by atoms with Gasteiger partial charge in [0.25, 0.3) is 5.91 Å². The Morgan fingerprint density at radius 3 is 2.35 bits per heavy atom. The normalized spacial score (nSPS) is 15.2. The molecule has 1 aliphatic heterocycles. The van der Waals surface area contributed by atoms with Crippen LogP contribution < -0.4 is 19.1 Å². The third-order valence-corrected chi connectivity index (χ3v) is 5.37. The summed E-state index contributed by atoms with van der Waals surface area (Å²) in [6.45, 7) is 3.99. The lowest BCUT2D eigenvalue weighted by molar-refractivity contribution is 0.0974. The second-order valence-corrected chi connectivity index (χ2v) is 7.58. The van der Waals surface area contributed by atoms with Crippen molar-refractivity contribution >= 4 is 11.6 Å². The van der Waals surface area contributed by atoms with Crippen LogP contribution in [0, 0.1) is 0 Å². The van der Waals surface area contributed by atoms with Crippen LogP contribution in [0.25, 0.3) is 0 Å². The molecule has 2 aromatic carbocycles. The van der Waals surface area contributed by atoms with Crippen molar-refractivity contribution in [1.29, 1.82) is 0 Å². The first-order valence-corrected chi connectivity index (χ1v) is 10.0. The van der Waals surface area contributed by atoms with E-state index in [4.69, 9.17) is 18.7 Å². The first-order chi connectivity index (χ1) is 15.0. The van der Waals surface area contributed by atoms with Crippen LogP contribution >= 0.6 is 0 Å². The molecule has 8 heteroatoms. The lowest BCUT2D eigenvalue weighted by Gasteiger charge is -2.24. The van der Waals surface area contributed by atoms with Crippen LogP contribution in [-0.4, -0.2) is 37.4 Å². The van der Waals surface area contributed by atoms with E-state index in [-0.39, 0.29) is 11.8 Å². The minimum atomic E-state index is -0.399. The highest BCUT2D eigenvalue weighted by Crippen LogP contribution is 2.43. The molecule has 0 N–H and O–H groups in total. The standard InChI is InChI=1S/C23H25N3O5/c1-13(2)21-24-22(31-25-21)17-10-14-8-6-7-9-16(14)26(17)23(27)15-11-18(28-3)20(30-5)19(12-15)29-4/h6-9,11-13,17H,10H2,1-5H3. The maximum absolute atomic E-state index is 13.8. The van der Waals surface area contributed by atoms with E-state index in [0.717, 1.165) is 11.3 Å². The summed E-state index contributed by atoms with van der Waals surface area (Å²) < 4.78 is 21.8. The van der Waals surface area contributed by atoms with E-state index in [9.17, 15) is 4.79 Å². The second-order valence-electron chi connectivity index (χ2n) is 7.58. The van der Waals surface area contributed by atoms with Gasteiger partial charge in [-0.05, 0) is 23.8 Å². The highest BCUT2D eigenvalue weighted by Gasteiger charge is 2.39. The number of rotatable bonds is 6. The Kier molecular flexibility index (Phi) is 5.54. The van der Waals surface area contributed by atoms with Crippen molar-refractivity contribution in [2.24, 2.45) is 0 Å². The monoisotopic (exact) mass is 423 g/mol. The Morgan fingerprint density at radius 1 is 1.10 bits per heavy atom. The van der Waals surface area contributed by atoms with E-state index >= 15 is 0 Å². The average Bonchev–Trinajstić information content (AvgIpc) is 3.42. The zero-order valence-electron chi connectivity index (χ0n) is 18.2. The van der Waals surface area contributed by atoms with Crippen LogP contribution in [0.1, 0.15) is 53.4 Å². The molecule has 1 atom stereocenters. The number of anilines is 1. The molecule has 0 spiro atoms. The zero-order valence-corrected chi connectivity index (χ0v) is 18.2. The Bertz CT molecular complexity index is 1080. The molecule has 8 nitrogen and oxygen atoms in total. The van der Waals surface area contributed by atoms with Gasteiger partial charge in [0.05, 0.1) is 21.3 Å². The van der Waals surface area contributed by atoms with E-state index in [2.05, 4.69) is 10.1 Å².